The molecule has 60 valence electrons. The molecule has 0 spiro atoms. The summed E-state index contributed by atoms with van der Waals surface area (Å²) >= 11 is 0. The van der Waals surface area contributed by atoms with Crippen LogP contribution in [0.25, 0.3) is 0 Å². The molecular formula is C7H17N3. The third kappa shape index (κ3) is 248. The minimum atomic E-state index is 1.42. The molecule has 0 aliphatic heterocycles. The normalized spacial score (nSPS) is 6.40. The van der Waals surface area contributed by atoms with Crippen LogP contribution in [0.4, 0.5) is 0 Å². The fourth-order valence-electron chi connectivity index (χ4n) is 0.105. The highest BCUT2D eigenvalue weighted by Crippen LogP contribution is 1.57. The molecular weight excluding hydrogens is 126 g/mol. The molecule has 3 nitrogen and oxygen atoms in total. The van der Waals surface area contributed by atoms with Gasteiger partial charge < -0.3 is 0 Å². The van der Waals surface area contributed by atoms with E-state index in [9.17, 15) is 0 Å². The highest BCUT2D eigenvalue weighted by Gasteiger charge is 1.40. The van der Waals surface area contributed by atoms with Crippen molar-refractivity contribution in [3.63, 3.8) is 0 Å². The summed E-state index contributed by atoms with van der Waals surface area (Å²) in [4.78, 5) is 3.61. The van der Waals surface area contributed by atoms with Crippen LogP contribution >= 0.6 is 0 Å². The topological polar surface area (TPSA) is 48.6 Å². The summed E-state index contributed by atoms with van der Waals surface area (Å²) in [5.41, 5.74) is 5.83. The van der Waals surface area contributed by atoms with Crippen molar-refractivity contribution in [2.24, 2.45) is 10.1 Å². The van der Waals surface area contributed by atoms with E-state index in [0.29, 0.717) is 0 Å². The van der Waals surface area contributed by atoms with E-state index in [-0.39, 0.29) is 0 Å². The molecule has 0 aliphatic carbocycles. The maximum atomic E-state index is 5.83. The number of hydrogen-bond donors (Lipinski definition) is 1. The Kier molecular flexibility index (Phi) is 69.5. The molecule has 0 fully saturated rings. The zero-order valence-electron chi connectivity index (χ0n) is 7.26. The van der Waals surface area contributed by atoms with Crippen molar-refractivity contribution in [1.29, 1.82) is 5.53 Å². The van der Waals surface area contributed by atoms with Gasteiger partial charge in [-0.25, -0.2) is 10.6 Å². The van der Waals surface area contributed by atoms with E-state index >= 15 is 0 Å². The molecule has 0 aliphatic rings. The fourth-order valence-corrected chi connectivity index (χ4v) is 0.105. The Morgan fingerprint density at radius 3 is 1.70 bits per heavy atom. The first-order chi connectivity index (χ1) is 4.83. The molecule has 0 saturated heterocycles. The van der Waals surface area contributed by atoms with Crippen LogP contribution in [0.15, 0.2) is 22.9 Å². The van der Waals surface area contributed by atoms with Crippen LogP contribution in [0.1, 0.15) is 20.8 Å². The molecule has 1 N–H and O–H groups in total. The lowest BCUT2D eigenvalue weighted by Crippen LogP contribution is -1.46. The van der Waals surface area contributed by atoms with Crippen molar-refractivity contribution < 1.29 is 0 Å². The van der Waals surface area contributed by atoms with E-state index in [1.165, 1.54) is 13.2 Å². The van der Waals surface area contributed by atoms with E-state index in [1.54, 1.807) is 6.21 Å². The maximum Gasteiger partial charge on any atom is 0.0485 e. The second kappa shape index (κ2) is 43.4. The Morgan fingerprint density at radius 2 is 1.70 bits per heavy atom. The van der Waals surface area contributed by atoms with Gasteiger partial charge in [-0.3, -0.25) is 4.99 Å². The number of hydrogen-bond acceptors (Lipinski definition) is 3. The van der Waals surface area contributed by atoms with E-state index in [0.717, 1.165) is 0 Å². The summed E-state index contributed by atoms with van der Waals surface area (Å²) in [7, 11) is 1.42. The SMILES string of the molecule is C=CN=CC.CC.CN=N. The molecule has 0 heterocycles. The first kappa shape index (κ1) is 16.0. The van der Waals surface area contributed by atoms with E-state index in [2.05, 4.69) is 16.7 Å². The van der Waals surface area contributed by atoms with E-state index < -0.39 is 0 Å². The van der Waals surface area contributed by atoms with Gasteiger partial charge >= 0.3 is 0 Å². The third-order valence-corrected chi connectivity index (χ3v) is 0.254. The Morgan fingerprint density at radius 1 is 1.40 bits per heavy atom. The number of nitrogens with one attached hydrogen (secondary N) is 1. The predicted molar refractivity (Wildman–Crippen MR) is 46.8 cm³/mol. The smallest absolute Gasteiger partial charge is 0.0485 e. The average Bonchev–Trinajstić information content (AvgIpc) is 1.96. The number of aliphatic imine (C=N–C) groups is 1. The lowest BCUT2D eigenvalue weighted by atomic mass is 10.9. The van der Waals surface area contributed by atoms with Crippen LogP contribution in [0.2, 0.25) is 0 Å². The van der Waals surface area contributed by atoms with E-state index in [1.807, 2.05) is 20.8 Å². The Balaban J connectivity index is -0.0000000847. The van der Waals surface area contributed by atoms with Gasteiger partial charge in [-0.1, -0.05) is 20.4 Å². The minimum Gasteiger partial charge on any atom is -0.270 e. The summed E-state index contributed by atoms with van der Waals surface area (Å²) in [6.45, 7) is 9.20. The van der Waals surface area contributed by atoms with Crippen LogP contribution in [0, 0.1) is 5.53 Å². The zero-order chi connectivity index (χ0) is 8.83. The van der Waals surface area contributed by atoms with Crippen molar-refractivity contribution in [3.05, 3.63) is 12.8 Å². The van der Waals surface area contributed by atoms with Gasteiger partial charge in [0.1, 0.15) is 0 Å². The standard InChI is InChI=1S/C4H7N.C2H6.CH4N2/c1-3-5-4-2;1-2;1-3-2/h3-4H,1H2,2H3;1-2H3;2H,1H3. The van der Waals surface area contributed by atoms with E-state index in [4.69, 9.17) is 5.53 Å². The molecule has 0 saturated carbocycles. The Hall–Kier alpha value is -0.990. The molecule has 3 heteroatoms. The van der Waals surface area contributed by atoms with Crippen LogP contribution in [0.3, 0.4) is 0 Å². The van der Waals surface area contributed by atoms with Gasteiger partial charge in [0.05, 0.1) is 0 Å². The highest BCUT2D eigenvalue weighted by molar-refractivity contribution is 5.53. The van der Waals surface area contributed by atoms with Gasteiger partial charge in [-0.15, -0.1) is 0 Å². The molecule has 0 aromatic rings. The lowest BCUT2D eigenvalue weighted by molar-refractivity contribution is 1.09. The van der Waals surface area contributed by atoms with Crippen LogP contribution < -0.4 is 0 Å². The molecule has 0 aromatic heterocycles. The lowest BCUT2D eigenvalue weighted by Gasteiger charge is -1.58. The number of nitrogens with zero attached hydrogens (tertiary/aromatic N) is 2. The minimum absolute atomic E-state index is 1.42. The average molecular weight is 143 g/mol. The van der Waals surface area contributed by atoms with Gasteiger partial charge in [-0.05, 0) is 6.92 Å². The molecule has 0 amide bonds. The van der Waals surface area contributed by atoms with Crippen LogP contribution in [-0.4, -0.2) is 13.3 Å². The second-order valence-corrected chi connectivity index (χ2v) is 0.813. The van der Waals surface area contributed by atoms with Crippen molar-refractivity contribution >= 4 is 6.21 Å². The van der Waals surface area contributed by atoms with Gasteiger partial charge in [0, 0.05) is 19.5 Å². The molecule has 0 unspecified atom stereocenters. The molecule has 0 aromatic carbocycles. The van der Waals surface area contributed by atoms with Crippen LogP contribution in [-0.2, 0) is 0 Å². The Labute approximate surface area is 63.4 Å². The summed E-state index contributed by atoms with van der Waals surface area (Å²) in [6.07, 6.45) is 3.19. The molecule has 10 heavy (non-hydrogen) atoms. The van der Waals surface area contributed by atoms with Crippen LogP contribution in [0.5, 0.6) is 0 Å². The third-order valence-electron chi connectivity index (χ3n) is 0.254. The summed E-state index contributed by atoms with van der Waals surface area (Å²) in [5, 5.41) is 2.75. The Bertz CT molecular complexity index is 76.9. The molecule has 0 atom stereocenters. The van der Waals surface area contributed by atoms with Gasteiger partial charge in [0.25, 0.3) is 0 Å². The quantitative estimate of drug-likeness (QED) is 0.433. The first-order valence-electron chi connectivity index (χ1n) is 3.17. The molecule has 0 bridgehead atoms. The predicted octanol–water partition coefficient (Wildman–Crippen LogP) is 2.89. The van der Waals surface area contributed by atoms with Crippen molar-refractivity contribution in [1.82, 2.24) is 0 Å². The summed E-state index contributed by atoms with van der Waals surface area (Å²) in [6, 6.07) is 0. The van der Waals surface area contributed by atoms with Gasteiger partial charge in [-0.2, -0.15) is 0 Å². The van der Waals surface area contributed by atoms with Crippen molar-refractivity contribution in [2.75, 3.05) is 7.05 Å². The van der Waals surface area contributed by atoms with Crippen molar-refractivity contribution in [2.45, 2.75) is 20.8 Å². The van der Waals surface area contributed by atoms with Crippen molar-refractivity contribution in [3.8, 4) is 0 Å². The summed E-state index contributed by atoms with van der Waals surface area (Å²) in [5.74, 6) is 0. The largest absolute Gasteiger partial charge is 0.270 e. The summed E-state index contributed by atoms with van der Waals surface area (Å²) < 4.78 is 0. The highest BCUT2D eigenvalue weighted by atomic mass is 14.9. The monoisotopic (exact) mass is 143 g/mol. The molecule has 0 radical (unpaired) electrons. The first-order valence-corrected chi connectivity index (χ1v) is 3.17. The van der Waals surface area contributed by atoms with Gasteiger partial charge in [0.2, 0.25) is 0 Å². The number of rotatable bonds is 1. The second-order valence-electron chi connectivity index (χ2n) is 0.813. The zero-order valence-corrected chi connectivity index (χ0v) is 7.26. The molecule has 0 rings (SSSR count). The fraction of sp³-hybridized carbons (Fsp3) is 0.571. The maximum absolute atomic E-state index is 5.83. The van der Waals surface area contributed by atoms with Gasteiger partial charge in [0.15, 0.2) is 0 Å².